The van der Waals surface area contributed by atoms with Gasteiger partial charge in [0.1, 0.15) is 17.0 Å². The van der Waals surface area contributed by atoms with E-state index < -0.39 is 5.97 Å². The average Bonchev–Trinajstić information content (AvgIpc) is 2.83. The normalized spacial score (nSPS) is 10.4. The van der Waals surface area contributed by atoms with Crippen LogP contribution in [0.2, 0.25) is 0 Å². The predicted octanol–water partition coefficient (Wildman–Crippen LogP) is 1.17. The van der Waals surface area contributed by atoms with Crippen molar-refractivity contribution in [3.05, 3.63) is 23.7 Å². The number of nitrogens with zero attached hydrogens (tertiary/aromatic N) is 3. The van der Waals surface area contributed by atoms with Gasteiger partial charge in [0.15, 0.2) is 0 Å². The van der Waals surface area contributed by atoms with Crippen LogP contribution >= 0.6 is 0 Å². The Morgan fingerprint density at radius 3 is 2.88 bits per heavy atom. The molecule has 2 aromatic rings. The summed E-state index contributed by atoms with van der Waals surface area (Å²) in [5.41, 5.74) is 1.52. The van der Waals surface area contributed by atoms with Gasteiger partial charge in [-0.25, -0.2) is 4.79 Å². The van der Waals surface area contributed by atoms with E-state index in [1.165, 1.54) is 7.11 Å². The molecule has 2 rings (SSSR count). The number of methoxy groups -OCH3 is 1. The van der Waals surface area contributed by atoms with Crippen molar-refractivity contribution < 1.29 is 14.1 Å². The first-order valence-corrected chi connectivity index (χ1v) is 4.67. The fourth-order valence-corrected chi connectivity index (χ4v) is 1.46. The molecule has 0 saturated heterocycles. The maximum atomic E-state index is 11.5. The first-order chi connectivity index (χ1) is 7.63. The first kappa shape index (κ1) is 10.4. The van der Waals surface area contributed by atoms with Gasteiger partial charge < -0.3 is 9.26 Å². The molecule has 16 heavy (non-hydrogen) atoms. The third kappa shape index (κ3) is 1.58. The third-order valence-electron chi connectivity index (χ3n) is 2.23. The van der Waals surface area contributed by atoms with E-state index in [0.29, 0.717) is 17.0 Å². The van der Waals surface area contributed by atoms with Crippen LogP contribution in [0.4, 0.5) is 0 Å². The zero-order valence-corrected chi connectivity index (χ0v) is 9.22. The molecule has 0 unspecified atom stereocenters. The molecular formula is C10H11N3O3. The molecule has 0 fully saturated rings. The van der Waals surface area contributed by atoms with E-state index in [1.54, 1.807) is 31.0 Å². The summed E-state index contributed by atoms with van der Waals surface area (Å²) in [4.78, 5) is 11.5. The molecule has 0 amide bonds. The molecule has 0 aliphatic heterocycles. The van der Waals surface area contributed by atoms with E-state index in [4.69, 9.17) is 4.52 Å². The van der Waals surface area contributed by atoms with Gasteiger partial charge in [-0.2, -0.15) is 5.10 Å². The molecule has 84 valence electrons. The van der Waals surface area contributed by atoms with Crippen LogP contribution in [0, 0.1) is 6.92 Å². The highest BCUT2D eigenvalue weighted by Gasteiger charge is 2.22. The van der Waals surface area contributed by atoms with Gasteiger partial charge in [0.25, 0.3) is 0 Å². The van der Waals surface area contributed by atoms with Crippen LogP contribution in [0.1, 0.15) is 16.1 Å². The molecule has 2 aromatic heterocycles. The van der Waals surface area contributed by atoms with E-state index in [0.717, 1.165) is 5.56 Å². The summed E-state index contributed by atoms with van der Waals surface area (Å²) in [6, 6.07) is 0. The minimum atomic E-state index is -0.461. The molecule has 0 aromatic carbocycles. The molecule has 6 heteroatoms. The maximum Gasteiger partial charge on any atom is 0.343 e. The average molecular weight is 221 g/mol. The van der Waals surface area contributed by atoms with Crippen molar-refractivity contribution in [2.24, 2.45) is 7.05 Å². The van der Waals surface area contributed by atoms with Gasteiger partial charge in [0.05, 0.1) is 13.3 Å². The van der Waals surface area contributed by atoms with Crippen molar-refractivity contribution in [1.82, 2.24) is 14.9 Å². The summed E-state index contributed by atoms with van der Waals surface area (Å²) in [5.74, 6) is -0.0247. The summed E-state index contributed by atoms with van der Waals surface area (Å²) >= 11 is 0. The molecular weight excluding hydrogens is 210 g/mol. The summed E-state index contributed by atoms with van der Waals surface area (Å²) in [6.45, 7) is 1.67. The Kier molecular flexibility index (Phi) is 2.47. The van der Waals surface area contributed by atoms with Gasteiger partial charge in [-0.3, -0.25) is 4.68 Å². The van der Waals surface area contributed by atoms with Crippen LogP contribution < -0.4 is 0 Å². The Labute approximate surface area is 91.8 Å². The van der Waals surface area contributed by atoms with E-state index in [-0.39, 0.29) is 0 Å². The molecule has 0 aliphatic carbocycles. The topological polar surface area (TPSA) is 70.2 Å². The number of aromatic nitrogens is 3. The lowest BCUT2D eigenvalue weighted by atomic mass is 10.1. The summed E-state index contributed by atoms with van der Waals surface area (Å²) in [5, 5.41) is 7.85. The largest absolute Gasteiger partial charge is 0.465 e. The minimum Gasteiger partial charge on any atom is -0.465 e. The fourth-order valence-electron chi connectivity index (χ4n) is 1.46. The smallest absolute Gasteiger partial charge is 0.343 e. The number of hydrogen-bond donors (Lipinski definition) is 0. The monoisotopic (exact) mass is 221 g/mol. The van der Waals surface area contributed by atoms with Gasteiger partial charge >= 0.3 is 5.97 Å². The zero-order chi connectivity index (χ0) is 11.7. The maximum absolute atomic E-state index is 11.5. The molecule has 2 heterocycles. The second-order valence-corrected chi connectivity index (χ2v) is 3.36. The molecule has 0 bridgehead atoms. The Hall–Kier alpha value is -2.11. The van der Waals surface area contributed by atoms with E-state index in [2.05, 4.69) is 15.0 Å². The van der Waals surface area contributed by atoms with Crippen LogP contribution in [0.5, 0.6) is 0 Å². The van der Waals surface area contributed by atoms with E-state index in [1.807, 2.05) is 0 Å². The Morgan fingerprint density at radius 1 is 1.56 bits per heavy atom. The van der Waals surface area contributed by atoms with E-state index >= 15 is 0 Å². The van der Waals surface area contributed by atoms with Gasteiger partial charge in [0, 0.05) is 18.8 Å². The third-order valence-corrected chi connectivity index (χ3v) is 2.23. The number of rotatable bonds is 2. The summed E-state index contributed by atoms with van der Waals surface area (Å²) in [7, 11) is 3.11. The predicted molar refractivity (Wildman–Crippen MR) is 54.8 cm³/mol. The highest BCUT2D eigenvalue weighted by molar-refractivity contribution is 5.96. The van der Waals surface area contributed by atoms with Crippen LogP contribution in [-0.4, -0.2) is 28.0 Å². The lowest BCUT2D eigenvalue weighted by Crippen LogP contribution is -2.03. The first-order valence-electron chi connectivity index (χ1n) is 4.67. The van der Waals surface area contributed by atoms with Gasteiger partial charge in [-0.1, -0.05) is 5.16 Å². The molecule has 0 aliphatic rings. The van der Waals surface area contributed by atoms with Crippen molar-refractivity contribution >= 4 is 5.97 Å². The van der Waals surface area contributed by atoms with E-state index in [9.17, 15) is 4.79 Å². The molecule has 0 N–H and O–H groups in total. The second-order valence-electron chi connectivity index (χ2n) is 3.36. The number of carbonyl (C=O) groups is 1. The standard InChI is InChI=1S/C10H11N3O3/c1-6-8(10(14)15-3)9(12-16-6)7-4-11-13(2)5-7/h4-5H,1-3H3. The lowest BCUT2D eigenvalue weighted by Gasteiger charge is -1.97. The molecule has 0 saturated carbocycles. The highest BCUT2D eigenvalue weighted by Crippen LogP contribution is 2.25. The van der Waals surface area contributed by atoms with Crippen molar-refractivity contribution in [2.75, 3.05) is 7.11 Å². The van der Waals surface area contributed by atoms with Crippen molar-refractivity contribution in [3.8, 4) is 11.3 Å². The Bertz CT molecular complexity index is 527. The zero-order valence-electron chi connectivity index (χ0n) is 9.22. The van der Waals surface area contributed by atoms with Crippen LogP contribution in [0.15, 0.2) is 16.9 Å². The van der Waals surface area contributed by atoms with Crippen molar-refractivity contribution in [2.45, 2.75) is 6.92 Å². The van der Waals surface area contributed by atoms with Crippen LogP contribution in [-0.2, 0) is 11.8 Å². The van der Waals surface area contributed by atoms with Crippen molar-refractivity contribution in [3.63, 3.8) is 0 Å². The number of hydrogen-bond acceptors (Lipinski definition) is 5. The summed E-state index contributed by atoms with van der Waals surface area (Å²) in [6.07, 6.45) is 3.37. The number of ether oxygens (including phenoxy) is 1. The Balaban J connectivity index is 2.53. The number of carbonyl (C=O) groups excluding carboxylic acids is 1. The van der Waals surface area contributed by atoms with Crippen molar-refractivity contribution in [1.29, 1.82) is 0 Å². The van der Waals surface area contributed by atoms with Crippen LogP contribution in [0.3, 0.4) is 0 Å². The SMILES string of the molecule is COC(=O)c1c(-c2cnn(C)c2)noc1C. The molecule has 0 radical (unpaired) electrons. The van der Waals surface area contributed by atoms with Gasteiger partial charge in [0.2, 0.25) is 0 Å². The Morgan fingerprint density at radius 2 is 2.31 bits per heavy atom. The lowest BCUT2D eigenvalue weighted by molar-refractivity contribution is 0.0599. The van der Waals surface area contributed by atoms with Gasteiger partial charge in [-0.05, 0) is 6.92 Å². The highest BCUT2D eigenvalue weighted by atomic mass is 16.5. The molecule has 0 atom stereocenters. The second kappa shape index (κ2) is 3.80. The summed E-state index contributed by atoms with van der Waals surface area (Å²) < 4.78 is 11.3. The molecule has 0 spiro atoms. The molecule has 6 nitrogen and oxygen atoms in total. The van der Waals surface area contributed by atoms with Crippen LogP contribution in [0.25, 0.3) is 11.3 Å². The van der Waals surface area contributed by atoms with Gasteiger partial charge in [-0.15, -0.1) is 0 Å². The number of aryl methyl sites for hydroxylation is 2. The minimum absolute atomic E-state index is 0.343. The number of esters is 1. The fraction of sp³-hybridized carbons (Fsp3) is 0.300. The quantitative estimate of drug-likeness (QED) is 0.712.